The minimum atomic E-state index is -0.315. The minimum absolute atomic E-state index is 0.206. The Morgan fingerprint density at radius 2 is 1.70 bits per heavy atom. The molecule has 0 atom stereocenters. The van der Waals surface area contributed by atoms with Crippen LogP contribution in [0, 0.1) is 12.7 Å². The molecule has 5 rings (SSSR count). The highest BCUT2D eigenvalue weighted by atomic mass is 32.1. The lowest BCUT2D eigenvalue weighted by molar-refractivity contribution is 0.629. The lowest BCUT2D eigenvalue weighted by atomic mass is 10.1. The first kappa shape index (κ1) is 21.3. The molecule has 1 aliphatic carbocycles. The summed E-state index contributed by atoms with van der Waals surface area (Å²) in [5.74, 6) is -0.315. The van der Waals surface area contributed by atoms with Crippen LogP contribution in [-0.2, 0) is 7.05 Å². The van der Waals surface area contributed by atoms with Crippen molar-refractivity contribution < 1.29 is 4.39 Å². The molecule has 2 aromatic carbocycles. The van der Waals surface area contributed by atoms with Gasteiger partial charge in [-0.05, 0) is 56.9 Å². The first-order valence-corrected chi connectivity index (χ1v) is 11.8. The molecule has 2 aromatic heterocycles. The Morgan fingerprint density at radius 3 is 2.42 bits per heavy atom. The van der Waals surface area contributed by atoms with E-state index in [0.717, 1.165) is 42.8 Å². The molecule has 4 aromatic rings. The van der Waals surface area contributed by atoms with Crippen molar-refractivity contribution in [2.75, 3.05) is 0 Å². The summed E-state index contributed by atoms with van der Waals surface area (Å²) in [5.41, 5.74) is 3.82. The number of benzene rings is 2. The Kier molecular flexibility index (Phi) is 5.68. The van der Waals surface area contributed by atoms with E-state index in [1.165, 1.54) is 17.4 Å². The number of hydrogen-bond donors (Lipinski definition) is 0. The number of halogens is 1. The summed E-state index contributed by atoms with van der Waals surface area (Å²) in [4.78, 5) is 18.7. The van der Waals surface area contributed by atoms with Gasteiger partial charge >= 0.3 is 0 Å². The van der Waals surface area contributed by atoms with Crippen molar-refractivity contribution in [3.8, 4) is 16.9 Å². The highest BCUT2D eigenvalue weighted by Crippen LogP contribution is 2.25. The molecule has 8 heteroatoms. The molecule has 0 radical (unpaired) electrons. The zero-order chi connectivity index (χ0) is 22.9. The fourth-order valence-electron chi connectivity index (χ4n) is 4.13. The molecule has 0 aliphatic heterocycles. The standard InChI is InChI=1S/C25H24FN5OS/c1-17-23(24(32)31(29(17)2)19-12-4-3-5-13-19)27-25-30(28-18-10-6-7-11-18)22(16-33-25)20-14-8-9-15-21(20)26/h3-5,8-9,12-16H,6-7,10-11H2,1-2H3. The van der Waals surface area contributed by atoms with Gasteiger partial charge in [-0.15, -0.1) is 11.3 Å². The first-order valence-electron chi connectivity index (χ1n) is 11.0. The predicted molar refractivity (Wildman–Crippen MR) is 130 cm³/mol. The molecular weight excluding hydrogens is 437 g/mol. The number of para-hydroxylation sites is 1. The quantitative estimate of drug-likeness (QED) is 0.414. The molecule has 0 N–H and O–H groups in total. The van der Waals surface area contributed by atoms with E-state index in [9.17, 15) is 9.18 Å². The lowest BCUT2D eigenvalue weighted by Gasteiger charge is -2.07. The van der Waals surface area contributed by atoms with Gasteiger partial charge in [-0.2, -0.15) is 5.10 Å². The highest BCUT2D eigenvalue weighted by Gasteiger charge is 2.18. The molecule has 2 heterocycles. The van der Waals surface area contributed by atoms with Crippen LogP contribution in [0.2, 0.25) is 0 Å². The monoisotopic (exact) mass is 461 g/mol. The van der Waals surface area contributed by atoms with Crippen LogP contribution in [-0.4, -0.2) is 19.8 Å². The van der Waals surface area contributed by atoms with E-state index in [2.05, 4.69) is 0 Å². The van der Waals surface area contributed by atoms with Gasteiger partial charge in [-0.25, -0.2) is 18.7 Å². The normalized spacial score (nSPS) is 14.3. The molecule has 1 saturated carbocycles. The summed E-state index contributed by atoms with van der Waals surface area (Å²) in [5, 5.41) is 6.70. The topological polar surface area (TPSA) is 56.6 Å². The zero-order valence-corrected chi connectivity index (χ0v) is 19.3. The van der Waals surface area contributed by atoms with Crippen LogP contribution in [0.15, 0.2) is 74.9 Å². The average Bonchev–Trinajstić information content (AvgIpc) is 3.53. The van der Waals surface area contributed by atoms with Crippen LogP contribution in [0.4, 0.5) is 10.1 Å². The Balaban J connectivity index is 1.73. The molecule has 0 saturated heterocycles. The largest absolute Gasteiger partial charge is 0.297 e. The summed E-state index contributed by atoms with van der Waals surface area (Å²) < 4.78 is 19.7. The van der Waals surface area contributed by atoms with Crippen LogP contribution in [0.3, 0.4) is 0 Å². The fourth-order valence-corrected chi connectivity index (χ4v) is 4.96. The van der Waals surface area contributed by atoms with Crippen molar-refractivity contribution in [1.29, 1.82) is 0 Å². The van der Waals surface area contributed by atoms with Gasteiger partial charge in [0, 0.05) is 23.7 Å². The van der Waals surface area contributed by atoms with Gasteiger partial charge < -0.3 is 0 Å². The van der Waals surface area contributed by atoms with Gasteiger partial charge in [-0.1, -0.05) is 30.3 Å². The Morgan fingerprint density at radius 1 is 1.00 bits per heavy atom. The molecular formula is C25H24FN5OS. The van der Waals surface area contributed by atoms with Gasteiger partial charge in [0.15, 0.2) is 5.69 Å². The highest BCUT2D eigenvalue weighted by molar-refractivity contribution is 7.07. The van der Waals surface area contributed by atoms with Crippen LogP contribution < -0.4 is 10.4 Å². The summed E-state index contributed by atoms with van der Waals surface area (Å²) in [6.07, 6.45) is 4.05. The maximum atomic E-state index is 14.6. The van der Waals surface area contributed by atoms with Crippen LogP contribution in [0.1, 0.15) is 31.4 Å². The van der Waals surface area contributed by atoms with E-state index < -0.39 is 0 Å². The van der Waals surface area contributed by atoms with Gasteiger partial charge in [0.25, 0.3) is 5.56 Å². The third-order valence-electron chi connectivity index (χ3n) is 5.99. The molecule has 168 valence electrons. The van der Waals surface area contributed by atoms with Crippen molar-refractivity contribution in [2.45, 2.75) is 32.6 Å². The smallest absolute Gasteiger partial charge is 0.283 e. The fraction of sp³-hybridized carbons (Fsp3) is 0.240. The molecule has 0 amide bonds. The summed E-state index contributed by atoms with van der Waals surface area (Å²) in [7, 11) is 1.84. The van der Waals surface area contributed by atoms with E-state index >= 15 is 0 Å². The molecule has 6 nitrogen and oxygen atoms in total. The van der Waals surface area contributed by atoms with Crippen LogP contribution in [0.5, 0.6) is 0 Å². The van der Waals surface area contributed by atoms with E-state index in [1.54, 1.807) is 32.2 Å². The molecule has 0 unspecified atom stereocenters. The minimum Gasteiger partial charge on any atom is -0.283 e. The average molecular weight is 462 g/mol. The van der Waals surface area contributed by atoms with Crippen molar-refractivity contribution >= 4 is 22.7 Å². The van der Waals surface area contributed by atoms with Crippen molar-refractivity contribution in [2.24, 2.45) is 17.1 Å². The Bertz CT molecular complexity index is 1460. The van der Waals surface area contributed by atoms with Gasteiger partial charge in [0.05, 0.1) is 17.1 Å². The Hall–Kier alpha value is -3.52. The SMILES string of the molecule is Cc1c(N=c2scc(-c3ccccc3F)n2N=C2CCCC2)c(=O)n(-c2ccccc2)n1C. The first-order chi connectivity index (χ1) is 16.0. The van der Waals surface area contributed by atoms with Crippen LogP contribution >= 0.6 is 11.3 Å². The maximum Gasteiger partial charge on any atom is 0.297 e. The molecule has 1 aliphatic rings. The maximum absolute atomic E-state index is 14.6. The number of rotatable bonds is 4. The zero-order valence-electron chi connectivity index (χ0n) is 18.5. The second-order valence-electron chi connectivity index (χ2n) is 8.09. The molecule has 0 spiro atoms. The van der Waals surface area contributed by atoms with E-state index in [-0.39, 0.29) is 11.4 Å². The van der Waals surface area contributed by atoms with E-state index in [4.69, 9.17) is 10.1 Å². The van der Waals surface area contributed by atoms with Crippen molar-refractivity contribution in [3.05, 3.63) is 86.6 Å². The van der Waals surface area contributed by atoms with Crippen LogP contribution in [0.25, 0.3) is 16.9 Å². The third kappa shape index (κ3) is 3.91. The Labute approximate surface area is 194 Å². The van der Waals surface area contributed by atoms with Crippen molar-refractivity contribution in [3.63, 3.8) is 0 Å². The van der Waals surface area contributed by atoms with E-state index in [1.807, 2.05) is 49.7 Å². The molecule has 1 fully saturated rings. The number of thiazole rings is 1. The lowest BCUT2D eigenvalue weighted by Crippen LogP contribution is -2.20. The number of aromatic nitrogens is 3. The molecule has 33 heavy (non-hydrogen) atoms. The predicted octanol–water partition coefficient (Wildman–Crippen LogP) is 5.16. The third-order valence-corrected chi connectivity index (χ3v) is 6.80. The second kappa shape index (κ2) is 8.78. The molecule has 0 bridgehead atoms. The second-order valence-corrected chi connectivity index (χ2v) is 8.93. The van der Waals surface area contributed by atoms with Gasteiger partial charge in [-0.3, -0.25) is 9.48 Å². The summed E-state index contributed by atoms with van der Waals surface area (Å²) >= 11 is 1.35. The number of hydrogen-bond acceptors (Lipinski definition) is 4. The summed E-state index contributed by atoms with van der Waals surface area (Å²) in [6, 6.07) is 16.1. The number of nitrogens with zero attached hydrogens (tertiary/aromatic N) is 5. The van der Waals surface area contributed by atoms with E-state index in [0.29, 0.717) is 21.7 Å². The summed E-state index contributed by atoms with van der Waals surface area (Å²) in [6.45, 7) is 1.87. The van der Waals surface area contributed by atoms with Crippen molar-refractivity contribution in [1.82, 2.24) is 14.0 Å². The van der Waals surface area contributed by atoms with Gasteiger partial charge in [0.1, 0.15) is 5.82 Å². The van der Waals surface area contributed by atoms with Gasteiger partial charge in [0.2, 0.25) is 4.80 Å².